The average molecular weight is 391 g/mol. The molecule has 1 heterocycles. The number of nitrogens with zero attached hydrogens (tertiary/aromatic N) is 2. The second-order valence-electron chi connectivity index (χ2n) is 6.34. The molecule has 0 spiro atoms. The lowest BCUT2D eigenvalue weighted by molar-refractivity contribution is -0.385. The van der Waals surface area contributed by atoms with E-state index >= 15 is 0 Å². The first-order valence-electron chi connectivity index (χ1n) is 8.68. The molecule has 1 N–H and O–H groups in total. The Labute approximate surface area is 162 Å². The summed E-state index contributed by atoms with van der Waals surface area (Å²) >= 11 is 5.41. The first-order chi connectivity index (χ1) is 12.9. The van der Waals surface area contributed by atoms with Crippen molar-refractivity contribution in [3.63, 3.8) is 0 Å². The molecule has 8 nitrogen and oxygen atoms in total. The van der Waals surface area contributed by atoms with Crippen molar-refractivity contribution < 1.29 is 19.2 Å². The maximum Gasteiger partial charge on any atom is 0.315 e. The molecular formula is C18H21N3O5S. The van der Waals surface area contributed by atoms with Crippen molar-refractivity contribution >= 4 is 28.8 Å². The number of methoxy groups -OCH3 is 1. The van der Waals surface area contributed by atoms with Crippen LogP contribution in [0.3, 0.4) is 0 Å². The van der Waals surface area contributed by atoms with Crippen LogP contribution in [-0.4, -0.2) is 41.5 Å². The molecule has 3 rings (SSSR count). The molecule has 0 aromatic heterocycles. The summed E-state index contributed by atoms with van der Waals surface area (Å²) in [4.78, 5) is 25.5. The van der Waals surface area contributed by atoms with Gasteiger partial charge < -0.3 is 19.7 Å². The topological polar surface area (TPSA) is 93.9 Å². The molecule has 1 aliphatic carbocycles. The maximum absolute atomic E-state index is 12.7. The normalized spacial score (nSPS) is 19.5. The molecule has 27 heavy (non-hydrogen) atoms. The summed E-state index contributed by atoms with van der Waals surface area (Å²) in [5.74, 6) is 0.353. The Bertz CT molecular complexity index is 852. The van der Waals surface area contributed by atoms with Crippen LogP contribution < -0.4 is 14.8 Å². The van der Waals surface area contributed by atoms with Gasteiger partial charge in [-0.15, -0.1) is 0 Å². The summed E-state index contributed by atoms with van der Waals surface area (Å²) in [5, 5.41) is 15.2. The summed E-state index contributed by atoms with van der Waals surface area (Å²) in [6.45, 7) is 2.11. The van der Waals surface area contributed by atoms with Crippen LogP contribution in [0, 0.1) is 10.1 Å². The Hall–Kier alpha value is -2.68. The maximum atomic E-state index is 12.7. The van der Waals surface area contributed by atoms with Gasteiger partial charge in [-0.05, 0) is 43.6 Å². The molecule has 0 amide bonds. The third-order valence-corrected chi connectivity index (χ3v) is 5.18. The number of nitrogens with one attached hydrogen (secondary N) is 1. The zero-order valence-electron chi connectivity index (χ0n) is 15.4. The van der Waals surface area contributed by atoms with Crippen molar-refractivity contribution in [1.29, 1.82) is 0 Å². The third kappa shape index (κ3) is 3.34. The van der Waals surface area contributed by atoms with Gasteiger partial charge in [-0.1, -0.05) is 0 Å². The Morgan fingerprint density at radius 3 is 2.78 bits per heavy atom. The van der Waals surface area contributed by atoms with Crippen molar-refractivity contribution in [2.24, 2.45) is 0 Å². The molecule has 0 radical (unpaired) electrons. The summed E-state index contributed by atoms with van der Waals surface area (Å²) in [6.07, 6.45) is 1.96. The predicted molar refractivity (Wildman–Crippen MR) is 103 cm³/mol. The van der Waals surface area contributed by atoms with E-state index in [0.717, 1.165) is 18.5 Å². The third-order valence-electron chi connectivity index (χ3n) is 4.79. The number of rotatable bonds is 5. The van der Waals surface area contributed by atoms with E-state index in [0.29, 0.717) is 29.3 Å². The number of hydrogen-bond acceptors (Lipinski definition) is 6. The van der Waals surface area contributed by atoms with Crippen LogP contribution in [0.4, 0.5) is 5.69 Å². The monoisotopic (exact) mass is 391 g/mol. The second-order valence-corrected chi connectivity index (χ2v) is 6.73. The molecule has 1 aromatic carbocycles. The Morgan fingerprint density at radius 1 is 1.41 bits per heavy atom. The van der Waals surface area contributed by atoms with E-state index in [1.807, 2.05) is 7.05 Å². The van der Waals surface area contributed by atoms with Crippen LogP contribution in [-0.2, 0) is 4.79 Å². The van der Waals surface area contributed by atoms with E-state index in [1.54, 1.807) is 17.9 Å². The molecule has 1 atom stereocenters. The quantitative estimate of drug-likeness (QED) is 0.465. The highest BCUT2D eigenvalue weighted by Gasteiger charge is 2.37. The minimum Gasteiger partial charge on any atom is -0.490 e. The number of ketones is 1. The number of nitro groups is 1. The SMILES string of the molecule is CCOc1cc(C2NC(=S)N(C)C3=C2C(=O)CCC3)cc([N+](=O)[O-])c1OC. The highest BCUT2D eigenvalue weighted by Crippen LogP contribution is 2.43. The van der Waals surface area contributed by atoms with Crippen molar-refractivity contribution in [1.82, 2.24) is 10.2 Å². The van der Waals surface area contributed by atoms with Crippen molar-refractivity contribution in [2.45, 2.75) is 32.2 Å². The van der Waals surface area contributed by atoms with Crippen molar-refractivity contribution in [2.75, 3.05) is 20.8 Å². The summed E-state index contributed by atoms with van der Waals surface area (Å²) in [7, 11) is 3.18. The molecule has 0 saturated carbocycles. The first-order valence-corrected chi connectivity index (χ1v) is 9.09. The Balaban J connectivity index is 2.19. The number of carbonyl (C=O) groups excluding carboxylic acids is 1. The van der Waals surface area contributed by atoms with E-state index < -0.39 is 11.0 Å². The number of ether oxygens (including phenoxy) is 2. The Kier molecular flexibility index (Phi) is 5.31. The molecule has 1 aliphatic heterocycles. The van der Waals surface area contributed by atoms with Crippen LogP contribution in [0.15, 0.2) is 23.4 Å². The van der Waals surface area contributed by atoms with Crippen LogP contribution >= 0.6 is 12.2 Å². The molecule has 0 bridgehead atoms. The van der Waals surface area contributed by atoms with E-state index in [1.165, 1.54) is 13.2 Å². The van der Waals surface area contributed by atoms with E-state index in [4.69, 9.17) is 21.7 Å². The number of thiocarbonyl (C=S) groups is 1. The standard InChI is InChI=1S/C18H21N3O5S/c1-4-26-14-9-10(8-12(21(23)24)17(14)25-3)16-15-11(6-5-7-13(15)22)20(2)18(27)19-16/h8-9,16H,4-7H2,1-3H3,(H,19,27). The molecule has 2 aliphatic rings. The fourth-order valence-electron chi connectivity index (χ4n) is 3.57. The molecule has 0 saturated heterocycles. The van der Waals surface area contributed by atoms with Gasteiger partial charge in [-0.3, -0.25) is 14.9 Å². The second kappa shape index (κ2) is 7.51. The minimum atomic E-state index is -0.555. The zero-order chi connectivity index (χ0) is 19.7. The van der Waals surface area contributed by atoms with Gasteiger partial charge in [-0.2, -0.15) is 0 Å². The van der Waals surface area contributed by atoms with Gasteiger partial charge in [0.15, 0.2) is 16.6 Å². The molecule has 144 valence electrons. The average Bonchev–Trinajstić information content (AvgIpc) is 2.64. The number of benzene rings is 1. The lowest BCUT2D eigenvalue weighted by Crippen LogP contribution is -2.47. The summed E-state index contributed by atoms with van der Waals surface area (Å²) < 4.78 is 10.8. The number of nitro benzene ring substituents is 1. The van der Waals surface area contributed by atoms with Gasteiger partial charge in [0.2, 0.25) is 5.75 Å². The lowest BCUT2D eigenvalue weighted by atomic mass is 9.84. The largest absolute Gasteiger partial charge is 0.490 e. The van der Waals surface area contributed by atoms with E-state index in [9.17, 15) is 14.9 Å². The number of allylic oxidation sites excluding steroid dienone is 1. The molecule has 1 unspecified atom stereocenters. The van der Waals surface area contributed by atoms with Gasteiger partial charge in [0.25, 0.3) is 0 Å². The number of hydrogen-bond donors (Lipinski definition) is 1. The van der Waals surface area contributed by atoms with Crippen LogP contribution in [0.1, 0.15) is 37.8 Å². The zero-order valence-corrected chi connectivity index (χ0v) is 16.2. The number of Topliss-reactive ketones (excluding diaryl/α,β-unsaturated/α-hetero) is 1. The van der Waals surface area contributed by atoms with Gasteiger partial charge in [0.05, 0.1) is 24.7 Å². The van der Waals surface area contributed by atoms with Crippen LogP contribution in [0.5, 0.6) is 11.5 Å². The molecular weight excluding hydrogens is 370 g/mol. The van der Waals surface area contributed by atoms with Gasteiger partial charge in [-0.25, -0.2) is 0 Å². The fraction of sp³-hybridized carbons (Fsp3) is 0.444. The lowest BCUT2D eigenvalue weighted by Gasteiger charge is -2.39. The van der Waals surface area contributed by atoms with Crippen molar-refractivity contribution in [3.8, 4) is 11.5 Å². The number of carbonyl (C=O) groups is 1. The fourth-order valence-corrected chi connectivity index (χ4v) is 3.79. The van der Waals surface area contributed by atoms with Gasteiger partial charge in [0.1, 0.15) is 0 Å². The smallest absolute Gasteiger partial charge is 0.315 e. The highest BCUT2D eigenvalue weighted by atomic mass is 32.1. The summed E-state index contributed by atoms with van der Waals surface area (Å²) in [5.41, 5.74) is 1.82. The highest BCUT2D eigenvalue weighted by molar-refractivity contribution is 7.80. The predicted octanol–water partition coefficient (Wildman–Crippen LogP) is 2.87. The van der Waals surface area contributed by atoms with Gasteiger partial charge in [0, 0.05) is 30.8 Å². The molecule has 0 fully saturated rings. The molecule has 1 aromatic rings. The van der Waals surface area contributed by atoms with Crippen LogP contribution in [0.2, 0.25) is 0 Å². The van der Waals surface area contributed by atoms with Crippen LogP contribution in [0.25, 0.3) is 0 Å². The Morgan fingerprint density at radius 2 is 2.15 bits per heavy atom. The van der Waals surface area contributed by atoms with Gasteiger partial charge >= 0.3 is 5.69 Å². The molecule has 9 heteroatoms. The van der Waals surface area contributed by atoms with E-state index in [2.05, 4.69) is 5.32 Å². The summed E-state index contributed by atoms with van der Waals surface area (Å²) in [6, 6.07) is 2.53. The first kappa shape index (κ1) is 19.1. The van der Waals surface area contributed by atoms with Crippen molar-refractivity contribution in [3.05, 3.63) is 39.1 Å². The van der Waals surface area contributed by atoms with E-state index in [-0.39, 0.29) is 23.0 Å². The minimum absolute atomic E-state index is 0.0273.